The van der Waals surface area contributed by atoms with E-state index in [2.05, 4.69) is 11.1 Å². The molecular formula is C12H19NO2S. The minimum absolute atomic E-state index is 0.351. The first-order chi connectivity index (χ1) is 7.63. The molecule has 0 fully saturated rings. The molecule has 0 N–H and O–H groups in total. The Morgan fingerprint density at radius 3 is 2.88 bits per heavy atom. The van der Waals surface area contributed by atoms with Crippen molar-refractivity contribution in [1.29, 1.82) is 0 Å². The molecule has 1 heterocycles. The predicted molar refractivity (Wildman–Crippen MR) is 69.1 cm³/mol. The average Bonchev–Trinajstić information content (AvgIpc) is 2.76. The minimum Gasteiger partial charge on any atom is -0.448 e. The molecule has 90 valence electrons. The molecule has 1 aliphatic rings. The van der Waals surface area contributed by atoms with E-state index < -0.39 is 6.09 Å². The Kier molecular flexibility index (Phi) is 5.60. The van der Waals surface area contributed by atoms with Crippen LogP contribution in [-0.4, -0.2) is 24.2 Å². The summed E-state index contributed by atoms with van der Waals surface area (Å²) >= 11 is 1.76. The first kappa shape index (κ1) is 13.3. The quantitative estimate of drug-likeness (QED) is 0.705. The number of thioether (sulfide) groups is 1. The molecule has 3 nitrogen and oxygen atoms in total. The van der Waals surface area contributed by atoms with Crippen LogP contribution in [0.1, 0.15) is 33.6 Å². The summed E-state index contributed by atoms with van der Waals surface area (Å²) in [4.78, 5) is 16.6. The Morgan fingerprint density at radius 2 is 2.38 bits per heavy atom. The first-order valence-electron chi connectivity index (χ1n) is 5.71. The van der Waals surface area contributed by atoms with Crippen LogP contribution < -0.4 is 0 Å². The predicted octanol–water partition coefficient (Wildman–Crippen LogP) is 3.65. The molecule has 0 aromatic carbocycles. The topological polar surface area (TPSA) is 38.7 Å². The van der Waals surface area contributed by atoms with Crippen molar-refractivity contribution in [3.63, 3.8) is 0 Å². The van der Waals surface area contributed by atoms with Crippen LogP contribution >= 0.6 is 11.8 Å². The van der Waals surface area contributed by atoms with Crippen molar-refractivity contribution in [2.45, 2.75) is 33.6 Å². The maximum atomic E-state index is 11.4. The van der Waals surface area contributed by atoms with Crippen molar-refractivity contribution < 1.29 is 9.53 Å². The van der Waals surface area contributed by atoms with Crippen LogP contribution in [0.15, 0.2) is 16.0 Å². The molecule has 0 saturated heterocycles. The minimum atomic E-state index is -0.459. The highest BCUT2D eigenvalue weighted by Crippen LogP contribution is 2.27. The summed E-state index contributed by atoms with van der Waals surface area (Å²) in [6.07, 6.45) is 3.53. The molecular weight excluding hydrogens is 222 g/mol. The molecule has 0 aliphatic carbocycles. The van der Waals surface area contributed by atoms with Crippen LogP contribution in [-0.2, 0) is 4.74 Å². The van der Waals surface area contributed by atoms with Gasteiger partial charge in [0.15, 0.2) is 0 Å². The average molecular weight is 241 g/mol. The van der Waals surface area contributed by atoms with Crippen LogP contribution in [0.4, 0.5) is 4.79 Å². The van der Waals surface area contributed by atoms with Gasteiger partial charge in [0.1, 0.15) is 0 Å². The smallest absolute Gasteiger partial charge is 0.433 e. The monoisotopic (exact) mass is 241 g/mol. The number of aliphatic imine (C=N–C) groups is 1. The lowest BCUT2D eigenvalue weighted by Gasteiger charge is -2.06. The van der Waals surface area contributed by atoms with Gasteiger partial charge in [-0.15, -0.1) is 11.8 Å². The molecule has 4 heteroatoms. The lowest BCUT2D eigenvalue weighted by Crippen LogP contribution is -2.09. The Morgan fingerprint density at radius 1 is 1.62 bits per heavy atom. The summed E-state index contributed by atoms with van der Waals surface area (Å²) in [6, 6.07) is 0. The van der Waals surface area contributed by atoms with Gasteiger partial charge in [0.25, 0.3) is 0 Å². The third kappa shape index (κ3) is 4.39. The van der Waals surface area contributed by atoms with E-state index in [4.69, 9.17) is 4.74 Å². The molecule has 1 aliphatic heterocycles. The first-order valence-corrected chi connectivity index (χ1v) is 6.69. The van der Waals surface area contributed by atoms with Crippen LogP contribution in [0.25, 0.3) is 0 Å². The maximum Gasteiger partial charge on any atom is 0.433 e. The van der Waals surface area contributed by atoms with E-state index in [0.717, 1.165) is 29.2 Å². The zero-order valence-corrected chi connectivity index (χ0v) is 11.0. The number of nitrogens with zero attached hydrogens (tertiary/aromatic N) is 1. The fourth-order valence-corrected chi connectivity index (χ4v) is 2.36. The van der Waals surface area contributed by atoms with Gasteiger partial charge >= 0.3 is 6.09 Å². The summed E-state index contributed by atoms with van der Waals surface area (Å²) < 4.78 is 5.03. The van der Waals surface area contributed by atoms with E-state index in [9.17, 15) is 4.79 Å². The summed E-state index contributed by atoms with van der Waals surface area (Å²) in [5, 5.41) is 0. The Balaban J connectivity index is 2.54. The van der Waals surface area contributed by atoms with Crippen LogP contribution in [0, 0.1) is 5.92 Å². The molecule has 0 spiro atoms. The number of amides is 1. The highest BCUT2D eigenvalue weighted by Gasteiger charge is 2.13. The third-order valence-corrected chi connectivity index (χ3v) is 3.24. The summed E-state index contributed by atoms with van der Waals surface area (Å²) in [5.41, 5.74) is 0.858. The second-order valence-corrected chi connectivity index (χ2v) is 5.23. The van der Waals surface area contributed by atoms with E-state index >= 15 is 0 Å². The van der Waals surface area contributed by atoms with Crippen LogP contribution in [0.5, 0.6) is 0 Å². The van der Waals surface area contributed by atoms with E-state index in [1.165, 1.54) is 0 Å². The molecule has 0 bridgehead atoms. The van der Waals surface area contributed by atoms with Gasteiger partial charge < -0.3 is 4.74 Å². The number of carbonyl (C=O) groups is 1. The molecule has 0 aromatic heterocycles. The SMILES string of the molecule is CCC(=NC(=O)OCC(C)C)C1=CCCS1. The second-order valence-electron chi connectivity index (χ2n) is 4.09. The standard InChI is InChI=1S/C12H19NO2S/c1-4-10(11-6-5-7-16-11)13-12(14)15-8-9(2)3/h6,9H,4-5,7-8H2,1-3H3. The highest BCUT2D eigenvalue weighted by molar-refractivity contribution is 8.04. The molecule has 0 aromatic rings. The van der Waals surface area contributed by atoms with Gasteiger partial charge in [-0.2, -0.15) is 4.99 Å². The number of hydrogen-bond acceptors (Lipinski definition) is 3. The van der Waals surface area contributed by atoms with Gasteiger partial charge in [0.2, 0.25) is 0 Å². The van der Waals surface area contributed by atoms with Gasteiger partial charge in [0, 0.05) is 10.7 Å². The number of allylic oxidation sites excluding steroid dienone is 2. The van der Waals surface area contributed by atoms with Gasteiger partial charge in [-0.05, 0) is 18.8 Å². The molecule has 1 rings (SSSR count). The normalized spacial score (nSPS) is 16.5. The van der Waals surface area contributed by atoms with Crippen molar-refractivity contribution >= 4 is 23.6 Å². The van der Waals surface area contributed by atoms with Crippen molar-refractivity contribution in [2.75, 3.05) is 12.4 Å². The lowest BCUT2D eigenvalue weighted by molar-refractivity contribution is 0.143. The maximum absolute atomic E-state index is 11.4. The van der Waals surface area contributed by atoms with E-state index in [1.54, 1.807) is 11.8 Å². The Labute approximate surface area is 101 Å². The zero-order valence-electron chi connectivity index (χ0n) is 10.2. The summed E-state index contributed by atoms with van der Waals surface area (Å²) in [5.74, 6) is 1.44. The number of carbonyl (C=O) groups excluding carboxylic acids is 1. The second kappa shape index (κ2) is 6.74. The lowest BCUT2D eigenvalue weighted by atomic mass is 10.2. The fourth-order valence-electron chi connectivity index (χ4n) is 1.31. The highest BCUT2D eigenvalue weighted by atomic mass is 32.2. The van der Waals surface area contributed by atoms with Gasteiger partial charge in [-0.25, -0.2) is 4.79 Å². The number of rotatable bonds is 4. The van der Waals surface area contributed by atoms with Crippen molar-refractivity contribution in [2.24, 2.45) is 10.9 Å². The van der Waals surface area contributed by atoms with E-state index in [1.807, 2.05) is 20.8 Å². The number of hydrogen-bond donors (Lipinski definition) is 0. The van der Waals surface area contributed by atoms with Crippen molar-refractivity contribution in [3.8, 4) is 0 Å². The molecule has 16 heavy (non-hydrogen) atoms. The largest absolute Gasteiger partial charge is 0.448 e. The molecule has 1 amide bonds. The van der Waals surface area contributed by atoms with Gasteiger partial charge in [-0.3, -0.25) is 0 Å². The number of ether oxygens (including phenoxy) is 1. The molecule has 0 atom stereocenters. The van der Waals surface area contributed by atoms with E-state index in [0.29, 0.717) is 12.5 Å². The Hall–Kier alpha value is -0.770. The Bertz CT molecular complexity index is 308. The molecule has 0 saturated carbocycles. The third-order valence-electron chi connectivity index (χ3n) is 2.09. The zero-order chi connectivity index (χ0) is 12.0. The van der Waals surface area contributed by atoms with Crippen LogP contribution in [0.3, 0.4) is 0 Å². The van der Waals surface area contributed by atoms with E-state index in [-0.39, 0.29) is 0 Å². The van der Waals surface area contributed by atoms with Crippen molar-refractivity contribution in [3.05, 3.63) is 11.0 Å². The van der Waals surface area contributed by atoms with Crippen molar-refractivity contribution in [1.82, 2.24) is 0 Å². The fraction of sp³-hybridized carbons (Fsp3) is 0.667. The van der Waals surface area contributed by atoms with Gasteiger partial charge in [-0.1, -0.05) is 26.8 Å². The summed E-state index contributed by atoms with van der Waals surface area (Å²) in [7, 11) is 0. The summed E-state index contributed by atoms with van der Waals surface area (Å²) in [6.45, 7) is 6.46. The van der Waals surface area contributed by atoms with Gasteiger partial charge in [0.05, 0.1) is 12.3 Å². The molecule has 0 unspecified atom stereocenters. The molecule has 0 radical (unpaired) electrons. The van der Waals surface area contributed by atoms with Crippen LogP contribution in [0.2, 0.25) is 0 Å².